The first kappa shape index (κ1) is 9.52. The molecule has 13 heavy (non-hydrogen) atoms. The third-order valence-electron chi connectivity index (χ3n) is 1.44. The molecule has 5 heteroatoms. The molecule has 0 radical (unpaired) electrons. The van der Waals surface area contributed by atoms with Crippen molar-refractivity contribution < 1.29 is 14.5 Å². The second-order valence-corrected chi connectivity index (χ2v) is 3.73. The molecule has 0 atom stereocenters. The van der Waals surface area contributed by atoms with E-state index in [2.05, 4.69) is 31.9 Å². The van der Waals surface area contributed by atoms with Crippen molar-refractivity contribution in [3.8, 4) is 0 Å². The Balaban J connectivity index is 3.46. The summed E-state index contributed by atoms with van der Waals surface area (Å²) in [7, 11) is 0. The Labute approximate surface area is 91.8 Å². The van der Waals surface area contributed by atoms with E-state index >= 15 is 0 Å². The molecule has 0 aliphatic rings. The van der Waals surface area contributed by atoms with Crippen LogP contribution in [0.3, 0.4) is 0 Å². The predicted molar refractivity (Wildman–Crippen MR) is 51.8 cm³/mol. The number of hydrogen-bond donors (Lipinski definition) is 0. The number of benzene rings is 1. The topological polar surface area (TPSA) is 0 Å². The second-order valence-electron chi connectivity index (χ2n) is 2.31. The molecule has 1 aromatic carbocycles. The molecule has 0 bridgehead atoms. The van der Waals surface area contributed by atoms with Gasteiger partial charge in [0.2, 0.25) is 0 Å². The zero-order chi connectivity index (χ0) is 10.9. The maximum Gasteiger partial charge on any atom is 0.417 e. The zero-order valence-corrected chi connectivity index (χ0v) is 9.42. The van der Waals surface area contributed by atoms with E-state index in [0.29, 0.717) is 0 Å². The van der Waals surface area contributed by atoms with Gasteiger partial charge in [-0.05, 0) is 11.6 Å². The van der Waals surface area contributed by atoms with Crippen LogP contribution < -0.4 is 0 Å². The summed E-state index contributed by atoms with van der Waals surface area (Å²) in [4.78, 5) is 0. The first-order valence-electron chi connectivity index (χ1n) is 3.79. The maximum absolute atomic E-state index is 12.5. The van der Waals surface area contributed by atoms with Crippen molar-refractivity contribution in [1.82, 2.24) is 0 Å². The van der Waals surface area contributed by atoms with Gasteiger partial charge >= 0.3 is 6.18 Å². The van der Waals surface area contributed by atoms with Gasteiger partial charge in [-0.1, -0.05) is 44.0 Å². The average Bonchev–Trinajstić information content (AvgIpc) is 2.06. The van der Waals surface area contributed by atoms with Crippen molar-refractivity contribution in [3.63, 3.8) is 0 Å². The molecule has 0 saturated heterocycles. The van der Waals surface area contributed by atoms with Crippen molar-refractivity contribution in [1.29, 1.82) is 0 Å². The molecule has 0 heterocycles. The van der Waals surface area contributed by atoms with Crippen LogP contribution in [0.4, 0.5) is 13.2 Å². The Morgan fingerprint density at radius 1 is 1.46 bits per heavy atom. The number of halogens is 5. The highest BCUT2D eigenvalue weighted by atomic mass is 79.9. The Morgan fingerprint density at radius 2 is 2.08 bits per heavy atom. The van der Waals surface area contributed by atoms with E-state index < -0.39 is 11.7 Å². The lowest BCUT2D eigenvalue weighted by atomic mass is 10.1. The molecule has 72 valence electrons. The van der Waals surface area contributed by atoms with Gasteiger partial charge in [0.05, 0.1) is 6.93 Å². The van der Waals surface area contributed by atoms with Crippen LogP contribution in [0.1, 0.15) is 12.5 Å². The van der Waals surface area contributed by atoms with E-state index in [9.17, 15) is 13.2 Å². The highest BCUT2D eigenvalue weighted by Gasteiger charge is 2.35. The molecular formula is C8H5Br2F3. The van der Waals surface area contributed by atoms with Crippen molar-refractivity contribution in [2.24, 2.45) is 0 Å². The summed E-state index contributed by atoms with van der Waals surface area (Å²) < 4.78 is 44.9. The van der Waals surface area contributed by atoms with E-state index in [-0.39, 0.29) is 21.4 Å². The van der Waals surface area contributed by atoms with Gasteiger partial charge in [-0.15, -0.1) is 0 Å². The molecule has 0 nitrogen and oxygen atoms in total. The molecular weight excluding hydrogens is 313 g/mol. The van der Waals surface area contributed by atoms with Gasteiger partial charge in [-0.3, -0.25) is 0 Å². The minimum absolute atomic E-state index is 0.0140. The third-order valence-corrected chi connectivity index (χ3v) is 2.67. The summed E-state index contributed by atoms with van der Waals surface area (Å²) >= 11 is 5.78. The van der Waals surface area contributed by atoms with E-state index in [1.807, 2.05) is 0 Å². The highest BCUT2D eigenvalue weighted by Crippen LogP contribution is 2.37. The van der Waals surface area contributed by atoms with E-state index in [0.717, 1.165) is 0 Å². The number of hydrogen-bond acceptors (Lipinski definition) is 0. The van der Waals surface area contributed by atoms with Crippen LogP contribution in [0.5, 0.6) is 0 Å². The van der Waals surface area contributed by atoms with Gasteiger partial charge in [0.25, 0.3) is 0 Å². The standard InChI is InChI=1S/C8H5Br2F3/c9-4-5-2-1-3-6(10)7(5)8(11,12)13/h1-3H,4H2/i2D. The van der Waals surface area contributed by atoms with Crippen LogP contribution in [0.15, 0.2) is 22.6 Å². The van der Waals surface area contributed by atoms with Crippen LogP contribution in [0, 0.1) is 0 Å². The lowest BCUT2D eigenvalue weighted by Crippen LogP contribution is -2.09. The second kappa shape index (κ2) is 4.00. The molecule has 0 unspecified atom stereocenters. The van der Waals surface area contributed by atoms with Crippen LogP contribution in [-0.2, 0) is 11.5 Å². The molecule has 0 aliphatic heterocycles. The minimum atomic E-state index is -4.43. The average molecular weight is 319 g/mol. The summed E-state index contributed by atoms with van der Waals surface area (Å²) in [6.45, 7) is 0. The quantitative estimate of drug-likeness (QED) is 0.675. The Kier molecular flexibility index (Phi) is 2.93. The van der Waals surface area contributed by atoms with E-state index in [1.54, 1.807) is 0 Å². The van der Waals surface area contributed by atoms with Crippen LogP contribution in [0.2, 0.25) is 0 Å². The first-order chi connectivity index (χ1) is 6.38. The monoisotopic (exact) mass is 317 g/mol. The Morgan fingerprint density at radius 3 is 2.46 bits per heavy atom. The van der Waals surface area contributed by atoms with Crippen LogP contribution in [-0.4, -0.2) is 0 Å². The summed E-state index contributed by atoms with van der Waals surface area (Å²) in [5, 5.41) is 0.0140. The summed E-state index contributed by atoms with van der Waals surface area (Å²) in [6.07, 6.45) is -4.43. The molecule has 0 amide bonds. The van der Waals surface area contributed by atoms with Gasteiger partial charge in [0.15, 0.2) is 0 Å². The first-order valence-corrected chi connectivity index (χ1v) is 5.20. The van der Waals surface area contributed by atoms with Crippen molar-refractivity contribution >= 4 is 31.9 Å². The molecule has 0 spiro atoms. The van der Waals surface area contributed by atoms with Gasteiger partial charge in [-0.25, -0.2) is 0 Å². The van der Waals surface area contributed by atoms with Gasteiger partial charge < -0.3 is 0 Å². The molecule has 0 N–H and O–H groups in total. The van der Waals surface area contributed by atoms with E-state index in [1.165, 1.54) is 12.1 Å². The molecule has 0 fully saturated rings. The molecule has 1 aromatic rings. The third kappa shape index (κ3) is 2.47. The maximum atomic E-state index is 12.5. The largest absolute Gasteiger partial charge is 0.417 e. The highest BCUT2D eigenvalue weighted by molar-refractivity contribution is 9.10. The van der Waals surface area contributed by atoms with Crippen LogP contribution >= 0.6 is 31.9 Å². The molecule has 0 aliphatic carbocycles. The predicted octanol–water partition coefficient (Wildman–Crippen LogP) is 4.36. The lowest BCUT2D eigenvalue weighted by molar-refractivity contribution is -0.138. The molecule has 1 rings (SSSR count). The summed E-state index contributed by atoms with van der Waals surface area (Å²) in [5.74, 6) is 0. The Bertz CT molecular complexity index is 349. The SMILES string of the molecule is [2H]c1ccc(Br)c(C(F)(F)F)c1CBr. The van der Waals surface area contributed by atoms with E-state index in [4.69, 9.17) is 1.37 Å². The lowest BCUT2D eigenvalue weighted by Gasteiger charge is -2.12. The van der Waals surface area contributed by atoms with Crippen molar-refractivity contribution in [2.75, 3.05) is 0 Å². The minimum Gasteiger partial charge on any atom is -0.166 e. The van der Waals surface area contributed by atoms with Gasteiger partial charge in [-0.2, -0.15) is 13.2 Å². The van der Waals surface area contributed by atoms with Crippen molar-refractivity contribution in [3.05, 3.63) is 33.8 Å². The summed E-state index contributed by atoms with van der Waals surface area (Å²) in [6, 6.07) is 2.45. The number of rotatable bonds is 1. The fourth-order valence-electron chi connectivity index (χ4n) is 0.927. The van der Waals surface area contributed by atoms with Gasteiger partial charge in [0, 0.05) is 9.80 Å². The molecule has 0 saturated carbocycles. The smallest absolute Gasteiger partial charge is 0.166 e. The number of alkyl halides is 4. The van der Waals surface area contributed by atoms with Gasteiger partial charge in [0.1, 0.15) is 0 Å². The normalized spacial score (nSPS) is 12.8. The van der Waals surface area contributed by atoms with Crippen LogP contribution in [0.25, 0.3) is 0 Å². The fourth-order valence-corrected chi connectivity index (χ4v) is 1.97. The zero-order valence-electron chi connectivity index (χ0n) is 7.25. The molecule has 0 aromatic heterocycles. The van der Waals surface area contributed by atoms with Crippen molar-refractivity contribution in [2.45, 2.75) is 11.5 Å². The fraction of sp³-hybridized carbons (Fsp3) is 0.250. The Hall–Kier alpha value is -0.0300. The summed E-state index contributed by atoms with van der Waals surface area (Å²) in [5.41, 5.74) is -0.825.